The van der Waals surface area contributed by atoms with Crippen molar-refractivity contribution in [2.45, 2.75) is 45.6 Å². The molecule has 11 heavy (non-hydrogen) atoms. The van der Waals surface area contributed by atoms with Crippen LogP contribution in [0.3, 0.4) is 0 Å². The van der Waals surface area contributed by atoms with Gasteiger partial charge in [0.25, 0.3) is 0 Å². The van der Waals surface area contributed by atoms with E-state index < -0.39 is 0 Å². The van der Waals surface area contributed by atoms with Crippen LogP contribution < -0.4 is 5.32 Å². The zero-order chi connectivity index (χ0) is 8.27. The summed E-state index contributed by atoms with van der Waals surface area (Å²) in [5.41, 5.74) is 0. The number of unbranched alkanes of at least 4 members (excludes halogenated alkanes) is 1. The topological polar surface area (TPSA) is 12.0 Å². The fraction of sp³-hybridized carbons (Fsp3) is 1.00. The van der Waals surface area contributed by atoms with Crippen LogP contribution >= 0.6 is 0 Å². The summed E-state index contributed by atoms with van der Waals surface area (Å²) in [6, 6.07) is 0.810. The summed E-state index contributed by atoms with van der Waals surface area (Å²) in [6.07, 6.45) is 5.55. The zero-order valence-corrected chi connectivity index (χ0v) is 8.06. The molecule has 0 aromatic carbocycles. The van der Waals surface area contributed by atoms with Crippen LogP contribution in [0, 0.1) is 11.8 Å². The number of nitrogens with one attached hydrogen (secondary N) is 1. The lowest BCUT2D eigenvalue weighted by atomic mass is 10.0. The Hall–Kier alpha value is -0.0400. The molecule has 0 spiro atoms. The van der Waals surface area contributed by atoms with Crippen molar-refractivity contribution in [1.29, 1.82) is 0 Å². The molecule has 3 atom stereocenters. The third-order valence-corrected chi connectivity index (χ3v) is 2.93. The maximum atomic E-state index is 3.43. The minimum atomic E-state index is 0.810. The van der Waals surface area contributed by atoms with E-state index in [0.29, 0.717) is 0 Å². The first-order chi connectivity index (χ1) is 5.29. The van der Waals surface area contributed by atoms with Gasteiger partial charge in [0.1, 0.15) is 0 Å². The van der Waals surface area contributed by atoms with E-state index in [1.54, 1.807) is 0 Å². The van der Waals surface area contributed by atoms with Gasteiger partial charge >= 0.3 is 0 Å². The molecular formula is C10H21N. The van der Waals surface area contributed by atoms with Crippen molar-refractivity contribution >= 4 is 0 Å². The molecule has 0 aliphatic heterocycles. The summed E-state index contributed by atoms with van der Waals surface area (Å²) < 4.78 is 0. The van der Waals surface area contributed by atoms with Crippen molar-refractivity contribution in [2.75, 3.05) is 7.05 Å². The van der Waals surface area contributed by atoms with Gasteiger partial charge in [-0.2, -0.15) is 0 Å². The van der Waals surface area contributed by atoms with Crippen LogP contribution in [0.15, 0.2) is 0 Å². The Morgan fingerprint density at radius 1 is 1.55 bits per heavy atom. The van der Waals surface area contributed by atoms with Gasteiger partial charge in [0.15, 0.2) is 0 Å². The Balaban J connectivity index is 2.15. The standard InChI is InChI=1S/C10H21N/c1-4-5-6-10(11-3)9-7-8(9)2/h8-11H,4-7H2,1-3H3. The van der Waals surface area contributed by atoms with E-state index in [1.165, 1.54) is 25.7 Å². The van der Waals surface area contributed by atoms with Gasteiger partial charge in [-0.15, -0.1) is 0 Å². The molecule has 1 N–H and O–H groups in total. The SMILES string of the molecule is CCCCC(NC)C1CC1C. The molecule has 1 heteroatoms. The molecule has 1 fully saturated rings. The molecule has 0 amide bonds. The highest BCUT2D eigenvalue weighted by Gasteiger charge is 2.37. The maximum absolute atomic E-state index is 3.43. The van der Waals surface area contributed by atoms with Gasteiger partial charge in [-0.25, -0.2) is 0 Å². The molecule has 0 aromatic rings. The minimum Gasteiger partial charge on any atom is -0.317 e. The third kappa shape index (κ3) is 2.48. The van der Waals surface area contributed by atoms with E-state index in [9.17, 15) is 0 Å². The molecule has 1 aliphatic rings. The van der Waals surface area contributed by atoms with Gasteiger partial charge in [0.05, 0.1) is 0 Å². The molecule has 0 heterocycles. The Kier molecular flexibility index (Phi) is 3.38. The lowest BCUT2D eigenvalue weighted by Crippen LogP contribution is -2.27. The molecule has 0 saturated heterocycles. The second kappa shape index (κ2) is 4.10. The first-order valence-electron chi connectivity index (χ1n) is 4.96. The largest absolute Gasteiger partial charge is 0.317 e. The van der Waals surface area contributed by atoms with Crippen LogP contribution in [0.25, 0.3) is 0 Å². The molecule has 1 aliphatic carbocycles. The molecule has 0 radical (unpaired) electrons. The van der Waals surface area contributed by atoms with Crippen LogP contribution in [0.1, 0.15) is 39.5 Å². The van der Waals surface area contributed by atoms with Crippen LogP contribution in [0.2, 0.25) is 0 Å². The van der Waals surface area contributed by atoms with Gasteiger partial charge in [-0.3, -0.25) is 0 Å². The highest BCUT2D eigenvalue weighted by molar-refractivity contribution is 4.91. The van der Waals surface area contributed by atoms with E-state index in [4.69, 9.17) is 0 Å². The number of hydrogen-bond acceptors (Lipinski definition) is 1. The highest BCUT2D eigenvalue weighted by Crippen LogP contribution is 2.41. The Morgan fingerprint density at radius 3 is 2.55 bits per heavy atom. The molecule has 0 aromatic heterocycles. The molecule has 0 bridgehead atoms. The van der Waals surface area contributed by atoms with E-state index >= 15 is 0 Å². The molecule has 66 valence electrons. The molecular weight excluding hydrogens is 134 g/mol. The fourth-order valence-corrected chi connectivity index (χ4v) is 1.91. The summed E-state index contributed by atoms with van der Waals surface area (Å²) in [5.74, 6) is 1.98. The first kappa shape index (κ1) is 9.05. The second-order valence-electron chi connectivity index (χ2n) is 3.91. The van der Waals surface area contributed by atoms with Crippen molar-refractivity contribution in [3.05, 3.63) is 0 Å². The molecule has 1 saturated carbocycles. The van der Waals surface area contributed by atoms with Gasteiger partial charge in [-0.05, 0) is 31.7 Å². The third-order valence-electron chi connectivity index (χ3n) is 2.93. The summed E-state index contributed by atoms with van der Waals surface area (Å²) >= 11 is 0. The number of rotatable bonds is 5. The van der Waals surface area contributed by atoms with Crippen LogP contribution in [0.4, 0.5) is 0 Å². The summed E-state index contributed by atoms with van der Waals surface area (Å²) in [5, 5.41) is 3.43. The number of hydrogen-bond donors (Lipinski definition) is 1. The smallest absolute Gasteiger partial charge is 0.00949 e. The molecule has 1 rings (SSSR count). The zero-order valence-electron chi connectivity index (χ0n) is 8.06. The van der Waals surface area contributed by atoms with Crippen molar-refractivity contribution in [2.24, 2.45) is 11.8 Å². The van der Waals surface area contributed by atoms with E-state index in [1.807, 2.05) is 0 Å². The Labute approximate surface area is 70.6 Å². The minimum absolute atomic E-state index is 0.810. The Bertz CT molecular complexity index is 111. The summed E-state index contributed by atoms with van der Waals surface area (Å²) in [7, 11) is 2.10. The van der Waals surface area contributed by atoms with Gasteiger partial charge in [-0.1, -0.05) is 26.7 Å². The van der Waals surface area contributed by atoms with Crippen LogP contribution in [-0.2, 0) is 0 Å². The lowest BCUT2D eigenvalue weighted by molar-refractivity contribution is 0.438. The summed E-state index contributed by atoms with van der Waals surface area (Å²) in [6.45, 7) is 4.63. The quantitative estimate of drug-likeness (QED) is 0.643. The first-order valence-corrected chi connectivity index (χ1v) is 4.96. The average molecular weight is 155 g/mol. The van der Waals surface area contributed by atoms with Crippen LogP contribution in [0.5, 0.6) is 0 Å². The van der Waals surface area contributed by atoms with Gasteiger partial charge in [0.2, 0.25) is 0 Å². The predicted molar refractivity (Wildman–Crippen MR) is 49.6 cm³/mol. The predicted octanol–water partition coefficient (Wildman–Crippen LogP) is 2.42. The molecule has 3 unspecified atom stereocenters. The van der Waals surface area contributed by atoms with Crippen molar-refractivity contribution in [1.82, 2.24) is 5.32 Å². The fourth-order valence-electron chi connectivity index (χ4n) is 1.91. The average Bonchev–Trinajstić information content (AvgIpc) is 2.69. The lowest BCUT2D eigenvalue weighted by Gasteiger charge is -2.14. The van der Waals surface area contributed by atoms with Crippen molar-refractivity contribution in [3.8, 4) is 0 Å². The van der Waals surface area contributed by atoms with Gasteiger partial charge in [0, 0.05) is 6.04 Å². The summed E-state index contributed by atoms with van der Waals surface area (Å²) in [4.78, 5) is 0. The van der Waals surface area contributed by atoms with E-state index in [0.717, 1.165) is 17.9 Å². The monoisotopic (exact) mass is 155 g/mol. The second-order valence-corrected chi connectivity index (χ2v) is 3.91. The highest BCUT2D eigenvalue weighted by atomic mass is 14.9. The van der Waals surface area contributed by atoms with E-state index in [-0.39, 0.29) is 0 Å². The normalized spacial score (nSPS) is 31.9. The Morgan fingerprint density at radius 2 is 2.18 bits per heavy atom. The van der Waals surface area contributed by atoms with Crippen LogP contribution in [-0.4, -0.2) is 13.1 Å². The van der Waals surface area contributed by atoms with Crippen molar-refractivity contribution in [3.63, 3.8) is 0 Å². The van der Waals surface area contributed by atoms with Crippen molar-refractivity contribution < 1.29 is 0 Å². The molecule has 1 nitrogen and oxygen atoms in total. The van der Waals surface area contributed by atoms with Gasteiger partial charge < -0.3 is 5.32 Å². The maximum Gasteiger partial charge on any atom is 0.00949 e. The van der Waals surface area contributed by atoms with E-state index in [2.05, 4.69) is 26.2 Å².